The molecule has 0 radical (unpaired) electrons. The molecule has 0 aromatic heterocycles. The Bertz CT molecular complexity index is 313. The van der Waals surface area contributed by atoms with Crippen molar-refractivity contribution in [3.63, 3.8) is 0 Å². The first-order chi connectivity index (χ1) is 8.24. The summed E-state index contributed by atoms with van der Waals surface area (Å²) in [6.07, 6.45) is 0. The number of methoxy groups -OCH3 is 3. The van der Waals surface area contributed by atoms with Crippen LogP contribution < -0.4 is 14.8 Å². The highest BCUT2D eigenvalue weighted by Gasteiger charge is 2.12. The van der Waals surface area contributed by atoms with Crippen LogP contribution in [-0.2, 0) is 4.74 Å². The number of likely N-dealkylation sites (N-methyl/N-ethyl adjacent to an activating group) is 1. The Kier molecular flexibility index (Phi) is 5.80. The molecule has 17 heavy (non-hydrogen) atoms. The second-order valence-corrected chi connectivity index (χ2v) is 3.71. The van der Waals surface area contributed by atoms with Crippen molar-refractivity contribution in [2.75, 3.05) is 34.5 Å². The summed E-state index contributed by atoms with van der Waals surface area (Å²) in [5.74, 6) is 1.58. The predicted molar refractivity (Wildman–Crippen MR) is 67.8 cm³/mol. The van der Waals surface area contributed by atoms with Crippen molar-refractivity contribution in [1.82, 2.24) is 5.32 Å². The topological polar surface area (TPSA) is 39.7 Å². The van der Waals surface area contributed by atoms with Crippen LogP contribution in [0.15, 0.2) is 18.2 Å². The van der Waals surface area contributed by atoms with Crippen molar-refractivity contribution in [3.05, 3.63) is 23.8 Å². The molecular weight excluding hydrogens is 218 g/mol. The molecule has 1 atom stereocenters. The van der Waals surface area contributed by atoms with Gasteiger partial charge in [0.25, 0.3) is 0 Å². The van der Waals surface area contributed by atoms with E-state index in [9.17, 15) is 0 Å². The summed E-state index contributed by atoms with van der Waals surface area (Å²) in [6.45, 7) is 3.57. The lowest BCUT2D eigenvalue weighted by Gasteiger charge is -2.19. The average Bonchev–Trinajstić information content (AvgIpc) is 2.37. The number of nitrogens with one attached hydrogen (secondary N) is 1. The summed E-state index contributed by atoms with van der Waals surface area (Å²) >= 11 is 0. The van der Waals surface area contributed by atoms with E-state index in [2.05, 4.69) is 12.2 Å². The van der Waals surface area contributed by atoms with Gasteiger partial charge in [-0.05, 0) is 24.2 Å². The van der Waals surface area contributed by atoms with Crippen LogP contribution in [0.1, 0.15) is 18.5 Å². The van der Waals surface area contributed by atoms with E-state index in [0.717, 1.165) is 23.6 Å². The smallest absolute Gasteiger partial charge is 0.122 e. The van der Waals surface area contributed by atoms with Crippen LogP contribution in [0.5, 0.6) is 11.5 Å². The minimum Gasteiger partial charge on any atom is -0.497 e. The van der Waals surface area contributed by atoms with Gasteiger partial charge in [0.05, 0.1) is 26.9 Å². The van der Waals surface area contributed by atoms with E-state index in [1.165, 1.54) is 0 Å². The molecule has 96 valence electrons. The van der Waals surface area contributed by atoms with E-state index >= 15 is 0 Å². The summed E-state index contributed by atoms with van der Waals surface area (Å²) in [5, 5.41) is 3.37. The molecule has 1 aromatic rings. The third-order valence-electron chi connectivity index (χ3n) is 2.56. The first kappa shape index (κ1) is 13.8. The van der Waals surface area contributed by atoms with Gasteiger partial charge in [0, 0.05) is 13.2 Å². The van der Waals surface area contributed by atoms with Gasteiger partial charge in [0.1, 0.15) is 11.5 Å². The van der Waals surface area contributed by atoms with Gasteiger partial charge in [-0.2, -0.15) is 0 Å². The molecule has 0 amide bonds. The Morgan fingerprint density at radius 3 is 2.06 bits per heavy atom. The standard InChI is InChI=1S/C13H21NO3/c1-5-14-13(9-15-2)10-6-11(16-3)8-12(7-10)17-4/h6-8,13-14H,5,9H2,1-4H3. The zero-order chi connectivity index (χ0) is 12.7. The third kappa shape index (κ3) is 3.91. The predicted octanol–water partition coefficient (Wildman–Crippen LogP) is 2.00. The maximum absolute atomic E-state index is 5.26. The number of hydrogen-bond acceptors (Lipinski definition) is 4. The van der Waals surface area contributed by atoms with E-state index in [4.69, 9.17) is 14.2 Å². The molecule has 0 spiro atoms. The minimum absolute atomic E-state index is 0.147. The molecule has 0 aliphatic heterocycles. The van der Waals surface area contributed by atoms with Crippen molar-refractivity contribution < 1.29 is 14.2 Å². The zero-order valence-corrected chi connectivity index (χ0v) is 10.9. The molecule has 0 aliphatic carbocycles. The van der Waals surface area contributed by atoms with Crippen LogP contribution in [0, 0.1) is 0 Å². The zero-order valence-electron chi connectivity index (χ0n) is 10.9. The Morgan fingerprint density at radius 2 is 1.65 bits per heavy atom. The molecule has 0 saturated heterocycles. The number of benzene rings is 1. The van der Waals surface area contributed by atoms with E-state index < -0.39 is 0 Å². The SMILES string of the molecule is CCNC(COC)c1cc(OC)cc(OC)c1. The quantitative estimate of drug-likeness (QED) is 0.790. The van der Waals surface area contributed by atoms with Crippen LogP contribution in [-0.4, -0.2) is 34.5 Å². The normalized spacial score (nSPS) is 12.2. The van der Waals surface area contributed by atoms with Crippen molar-refractivity contribution in [2.45, 2.75) is 13.0 Å². The van der Waals surface area contributed by atoms with Gasteiger partial charge in [0.2, 0.25) is 0 Å². The summed E-state index contributed by atoms with van der Waals surface area (Å²) in [7, 11) is 5.00. The molecule has 0 heterocycles. The van der Waals surface area contributed by atoms with Crippen LogP contribution in [0.3, 0.4) is 0 Å². The molecule has 1 aromatic carbocycles. The van der Waals surface area contributed by atoms with E-state index in [0.29, 0.717) is 6.61 Å². The highest BCUT2D eigenvalue weighted by Crippen LogP contribution is 2.26. The largest absolute Gasteiger partial charge is 0.497 e. The van der Waals surface area contributed by atoms with Crippen LogP contribution in [0.25, 0.3) is 0 Å². The fraction of sp³-hybridized carbons (Fsp3) is 0.538. The van der Waals surface area contributed by atoms with Crippen molar-refractivity contribution in [2.24, 2.45) is 0 Å². The maximum atomic E-state index is 5.26. The highest BCUT2D eigenvalue weighted by molar-refractivity contribution is 5.39. The first-order valence-electron chi connectivity index (χ1n) is 5.70. The molecule has 4 nitrogen and oxygen atoms in total. The number of ether oxygens (including phenoxy) is 3. The Morgan fingerprint density at radius 1 is 1.06 bits per heavy atom. The molecule has 0 bridgehead atoms. The fourth-order valence-electron chi connectivity index (χ4n) is 1.72. The lowest BCUT2D eigenvalue weighted by Crippen LogP contribution is -2.24. The number of rotatable bonds is 7. The molecule has 1 rings (SSSR count). The second kappa shape index (κ2) is 7.14. The Hall–Kier alpha value is -1.26. The van der Waals surface area contributed by atoms with Crippen molar-refractivity contribution in [1.29, 1.82) is 0 Å². The fourth-order valence-corrected chi connectivity index (χ4v) is 1.72. The molecule has 0 aliphatic rings. The number of hydrogen-bond donors (Lipinski definition) is 1. The van der Waals surface area contributed by atoms with Crippen molar-refractivity contribution >= 4 is 0 Å². The van der Waals surface area contributed by atoms with Gasteiger partial charge in [-0.25, -0.2) is 0 Å². The van der Waals surface area contributed by atoms with Gasteiger partial charge >= 0.3 is 0 Å². The highest BCUT2D eigenvalue weighted by atomic mass is 16.5. The molecule has 0 fully saturated rings. The molecular formula is C13H21NO3. The molecule has 1 N–H and O–H groups in total. The van der Waals surface area contributed by atoms with Gasteiger partial charge in [-0.3, -0.25) is 0 Å². The summed E-state index contributed by atoms with van der Waals surface area (Å²) in [5.41, 5.74) is 1.10. The van der Waals surface area contributed by atoms with Gasteiger partial charge in [0.15, 0.2) is 0 Å². The minimum atomic E-state index is 0.147. The summed E-state index contributed by atoms with van der Waals surface area (Å²) in [4.78, 5) is 0. The summed E-state index contributed by atoms with van der Waals surface area (Å²) < 4.78 is 15.7. The maximum Gasteiger partial charge on any atom is 0.122 e. The Balaban J connectivity index is 2.99. The van der Waals surface area contributed by atoms with Crippen molar-refractivity contribution in [3.8, 4) is 11.5 Å². The second-order valence-electron chi connectivity index (χ2n) is 3.71. The Labute approximate surface area is 103 Å². The van der Waals surface area contributed by atoms with E-state index in [-0.39, 0.29) is 6.04 Å². The lowest BCUT2D eigenvalue weighted by molar-refractivity contribution is 0.167. The molecule has 1 unspecified atom stereocenters. The van der Waals surface area contributed by atoms with Crippen LogP contribution in [0.2, 0.25) is 0 Å². The van der Waals surface area contributed by atoms with E-state index in [1.54, 1.807) is 21.3 Å². The third-order valence-corrected chi connectivity index (χ3v) is 2.56. The first-order valence-corrected chi connectivity index (χ1v) is 5.70. The van der Waals surface area contributed by atoms with Gasteiger partial charge in [-0.1, -0.05) is 6.92 Å². The summed E-state index contributed by atoms with van der Waals surface area (Å²) in [6, 6.07) is 6.00. The van der Waals surface area contributed by atoms with Gasteiger partial charge in [-0.15, -0.1) is 0 Å². The van der Waals surface area contributed by atoms with Crippen LogP contribution >= 0.6 is 0 Å². The lowest BCUT2D eigenvalue weighted by atomic mass is 10.1. The van der Waals surface area contributed by atoms with Crippen LogP contribution in [0.4, 0.5) is 0 Å². The van der Waals surface area contributed by atoms with Gasteiger partial charge < -0.3 is 19.5 Å². The molecule has 4 heteroatoms. The molecule has 0 saturated carbocycles. The monoisotopic (exact) mass is 239 g/mol. The van der Waals surface area contributed by atoms with E-state index in [1.807, 2.05) is 18.2 Å². The average molecular weight is 239 g/mol.